The first-order valence-corrected chi connectivity index (χ1v) is 7.08. The summed E-state index contributed by atoms with van der Waals surface area (Å²) in [6.07, 6.45) is 7.04. The number of nitrogens with zero attached hydrogens (tertiary/aromatic N) is 1. The zero-order chi connectivity index (χ0) is 11.5. The quantitative estimate of drug-likeness (QED) is 0.847. The maximum Gasteiger partial charge on any atom is 0.264 e. The SMILES string of the molecule is CCc1nc(C2CCCCC2)[nH]c(=O)c1I. The van der Waals surface area contributed by atoms with Crippen LogP contribution in [0.2, 0.25) is 0 Å². The molecule has 1 aliphatic carbocycles. The van der Waals surface area contributed by atoms with E-state index in [1.807, 2.05) is 0 Å². The van der Waals surface area contributed by atoms with Crippen molar-refractivity contribution in [2.75, 3.05) is 0 Å². The summed E-state index contributed by atoms with van der Waals surface area (Å²) in [6, 6.07) is 0. The zero-order valence-corrected chi connectivity index (χ0v) is 11.7. The normalized spacial score (nSPS) is 17.6. The largest absolute Gasteiger partial charge is 0.309 e. The van der Waals surface area contributed by atoms with Gasteiger partial charge in [-0.05, 0) is 41.9 Å². The van der Waals surface area contributed by atoms with Crippen LogP contribution in [-0.2, 0) is 6.42 Å². The number of aromatic nitrogens is 2. The second-order valence-electron chi connectivity index (χ2n) is 4.40. The second-order valence-corrected chi connectivity index (χ2v) is 5.48. The predicted molar refractivity (Wildman–Crippen MR) is 72.8 cm³/mol. The molecule has 0 bridgehead atoms. The molecule has 2 rings (SSSR count). The molecule has 0 saturated heterocycles. The second kappa shape index (κ2) is 5.29. The molecule has 1 aliphatic rings. The first kappa shape index (κ1) is 12.1. The molecule has 4 heteroatoms. The molecule has 0 spiro atoms. The molecular weight excluding hydrogens is 315 g/mol. The van der Waals surface area contributed by atoms with Crippen molar-refractivity contribution in [1.29, 1.82) is 0 Å². The van der Waals surface area contributed by atoms with Crippen LogP contribution < -0.4 is 5.56 Å². The third-order valence-electron chi connectivity index (χ3n) is 3.28. The Morgan fingerprint density at radius 3 is 2.69 bits per heavy atom. The summed E-state index contributed by atoms with van der Waals surface area (Å²) in [5.41, 5.74) is 0.984. The summed E-state index contributed by atoms with van der Waals surface area (Å²) in [7, 11) is 0. The number of rotatable bonds is 2. The van der Waals surface area contributed by atoms with Crippen LogP contribution in [0.3, 0.4) is 0 Å². The summed E-state index contributed by atoms with van der Waals surface area (Å²) in [6.45, 7) is 2.05. The van der Waals surface area contributed by atoms with Gasteiger partial charge in [0.1, 0.15) is 5.82 Å². The number of aryl methyl sites for hydroxylation is 1. The highest BCUT2D eigenvalue weighted by Gasteiger charge is 2.19. The minimum Gasteiger partial charge on any atom is -0.309 e. The van der Waals surface area contributed by atoms with Gasteiger partial charge in [-0.3, -0.25) is 4.79 Å². The summed E-state index contributed by atoms with van der Waals surface area (Å²) in [5, 5.41) is 0. The van der Waals surface area contributed by atoms with Gasteiger partial charge < -0.3 is 4.98 Å². The van der Waals surface area contributed by atoms with Gasteiger partial charge in [0.15, 0.2) is 0 Å². The Hall–Kier alpha value is -0.390. The summed E-state index contributed by atoms with van der Waals surface area (Å²) >= 11 is 2.09. The van der Waals surface area contributed by atoms with Gasteiger partial charge in [0, 0.05) is 5.92 Å². The predicted octanol–water partition coefficient (Wildman–Crippen LogP) is 2.98. The number of hydrogen-bond donors (Lipinski definition) is 1. The van der Waals surface area contributed by atoms with Crippen LogP contribution in [-0.4, -0.2) is 9.97 Å². The van der Waals surface area contributed by atoms with Gasteiger partial charge >= 0.3 is 0 Å². The number of H-pyrrole nitrogens is 1. The first-order chi connectivity index (χ1) is 7.72. The highest BCUT2D eigenvalue weighted by Crippen LogP contribution is 2.30. The smallest absolute Gasteiger partial charge is 0.264 e. The standard InChI is InChI=1S/C12H17IN2O/c1-2-9-10(13)12(16)15-11(14-9)8-6-4-3-5-7-8/h8H,2-7H2,1H3,(H,14,15,16). The van der Waals surface area contributed by atoms with Crippen molar-refractivity contribution in [3.63, 3.8) is 0 Å². The van der Waals surface area contributed by atoms with Gasteiger partial charge in [-0.15, -0.1) is 0 Å². The fourth-order valence-corrected chi connectivity index (χ4v) is 2.97. The van der Waals surface area contributed by atoms with E-state index in [-0.39, 0.29) is 5.56 Å². The lowest BCUT2D eigenvalue weighted by atomic mass is 9.88. The molecule has 16 heavy (non-hydrogen) atoms. The fraction of sp³-hybridized carbons (Fsp3) is 0.667. The van der Waals surface area contributed by atoms with Gasteiger partial charge in [0.05, 0.1) is 9.26 Å². The Morgan fingerprint density at radius 1 is 1.38 bits per heavy atom. The van der Waals surface area contributed by atoms with E-state index in [0.29, 0.717) is 5.92 Å². The van der Waals surface area contributed by atoms with Crippen molar-refractivity contribution >= 4 is 22.6 Å². The number of hydrogen-bond acceptors (Lipinski definition) is 2. The van der Waals surface area contributed by atoms with Gasteiger partial charge in [0.25, 0.3) is 5.56 Å². The van der Waals surface area contributed by atoms with E-state index in [0.717, 1.165) is 21.5 Å². The molecule has 1 heterocycles. The van der Waals surface area contributed by atoms with Gasteiger partial charge in [-0.25, -0.2) is 4.98 Å². The van der Waals surface area contributed by atoms with Crippen molar-refractivity contribution in [3.8, 4) is 0 Å². The summed E-state index contributed by atoms with van der Waals surface area (Å²) < 4.78 is 0.750. The van der Waals surface area contributed by atoms with Crippen LogP contribution in [0.25, 0.3) is 0 Å². The topological polar surface area (TPSA) is 45.8 Å². The van der Waals surface area contributed by atoms with Crippen molar-refractivity contribution in [1.82, 2.24) is 9.97 Å². The van der Waals surface area contributed by atoms with Crippen LogP contribution in [0, 0.1) is 3.57 Å². The molecule has 0 unspecified atom stereocenters. The Balaban J connectivity index is 2.33. The average molecular weight is 332 g/mol. The monoisotopic (exact) mass is 332 g/mol. The van der Waals surface area contributed by atoms with E-state index >= 15 is 0 Å². The van der Waals surface area contributed by atoms with E-state index < -0.39 is 0 Å². The van der Waals surface area contributed by atoms with E-state index in [1.54, 1.807) is 0 Å². The van der Waals surface area contributed by atoms with Crippen LogP contribution >= 0.6 is 22.6 Å². The molecule has 1 N–H and O–H groups in total. The maximum atomic E-state index is 11.8. The minimum absolute atomic E-state index is 0.0352. The zero-order valence-electron chi connectivity index (χ0n) is 9.55. The van der Waals surface area contributed by atoms with Crippen LogP contribution in [0.5, 0.6) is 0 Å². The molecule has 0 radical (unpaired) electrons. The van der Waals surface area contributed by atoms with Crippen LogP contribution in [0.4, 0.5) is 0 Å². The molecule has 0 aromatic carbocycles. The van der Waals surface area contributed by atoms with Crippen molar-refractivity contribution < 1.29 is 0 Å². The average Bonchev–Trinajstić information content (AvgIpc) is 2.33. The van der Waals surface area contributed by atoms with Crippen LogP contribution in [0.15, 0.2) is 4.79 Å². The Bertz CT molecular complexity index is 422. The lowest BCUT2D eigenvalue weighted by Gasteiger charge is -2.21. The first-order valence-electron chi connectivity index (χ1n) is 6.01. The van der Waals surface area contributed by atoms with E-state index in [1.165, 1.54) is 32.1 Å². The Labute approximate surface area is 109 Å². The molecule has 88 valence electrons. The lowest BCUT2D eigenvalue weighted by molar-refractivity contribution is 0.426. The number of nitrogens with one attached hydrogen (secondary N) is 1. The van der Waals surface area contributed by atoms with Gasteiger partial charge in [-0.2, -0.15) is 0 Å². The fourth-order valence-electron chi connectivity index (χ4n) is 2.33. The number of aromatic amines is 1. The van der Waals surface area contributed by atoms with Crippen molar-refractivity contribution in [2.45, 2.75) is 51.4 Å². The van der Waals surface area contributed by atoms with Gasteiger partial charge in [0.2, 0.25) is 0 Å². The Kier molecular flexibility index (Phi) is 4.00. The molecule has 1 aromatic heterocycles. The summed E-state index contributed by atoms with van der Waals surface area (Å²) in [5.74, 6) is 1.39. The minimum atomic E-state index is 0.0352. The molecule has 0 aliphatic heterocycles. The molecule has 1 saturated carbocycles. The molecule has 1 aromatic rings. The summed E-state index contributed by atoms with van der Waals surface area (Å²) in [4.78, 5) is 19.3. The molecular formula is C12H17IN2O. The van der Waals surface area contributed by atoms with E-state index in [2.05, 4.69) is 39.5 Å². The number of halogens is 1. The molecule has 3 nitrogen and oxygen atoms in total. The third kappa shape index (κ3) is 2.47. The van der Waals surface area contributed by atoms with E-state index in [9.17, 15) is 4.79 Å². The maximum absolute atomic E-state index is 11.8. The highest BCUT2D eigenvalue weighted by molar-refractivity contribution is 14.1. The third-order valence-corrected chi connectivity index (χ3v) is 4.39. The molecule has 1 fully saturated rings. The molecule has 0 amide bonds. The molecule has 0 atom stereocenters. The van der Waals surface area contributed by atoms with Crippen LogP contribution in [0.1, 0.15) is 56.5 Å². The highest BCUT2D eigenvalue weighted by atomic mass is 127. The van der Waals surface area contributed by atoms with Crippen molar-refractivity contribution in [2.24, 2.45) is 0 Å². The lowest BCUT2D eigenvalue weighted by Crippen LogP contribution is -2.21. The van der Waals surface area contributed by atoms with E-state index in [4.69, 9.17) is 0 Å². The Morgan fingerprint density at radius 2 is 2.06 bits per heavy atom. The van der Waals surface area contributed by atoms with Gasteiger partial charge in [-0.1, -0.05) is 26.2 Å². The van der Waals surface area contributed by atoms with Crippen molar-refractivity contribution in [3.05, 3.63) is 25.4 Å².